The van der Waals surface area contributed by atoms with Crippen molar-refractivity contribution in [1.82, 2.24) is 15.2 Å². The fraction of sp³-hybridized carbons (Fsp3) is 0. The molecule has 0 amide bonds. The lowest BCUT2D eigenvalue weighted by Crippen LogP contribution is -2.15. The minimum atomic E-state index is -0.327. The second-order valence-corrected chi connectivity index (χ2v) is 5.56. The second-order valence-electron chi connectivity index (χ2n) is 4.64. The van der Waals surface area contributed by atoms with Gasteiger partial charge >= 0.3 is 0 Å². The van der Waals surface area contributed by atoms with Gasteiger partial charge in [0.2, 0.25) is 5.95 Å². The van der Waals surface area contributed by atoms with E-state index in [0.717, 1.165) is 10.0 Å². The van der Waals surface area contributed by atoms with Gasteiger partial charge in [0.25, 0.3) is 5.56 Å². The summed E-state index contributed by atoms with van der Waals surface area (Å²) in [5, 5.41) is 11.9. The van der Waals surface area contributed by atoms with E-state index in [1.54, 1.807) is 18.3 Å². The maximum absolute atomic E-state index is 12.1. The fourth-order valence-corrected chi connectivity index (χ4v) is 2.34. The molecule has 7 heteroatoms. The predicted molar refractivity (Wildman–Crippen MR) is 93.4 cm³/mol. The molecule has 0 saturated heterocycles. The van der Waals surface area contributed by atoms with Crippen molar-refractivity contribution < 1.29 is 0 Å². The number of rotatable bonds is 4. The number of aromatic amines is 1. The predicted octanol–water partition coefficient (Wildman–Crippen LogP) is 3.04. The van der Waals surface area contributed by atoms with Gasteiger partial charge in [-0.1, -0.05) is 58.4 Å². The molecular formula is C16H12BrN5O. The first-order valence-corrected chi connectivity index (χ1v) is 7.59. The quantitative estimate of drug-likeness (QED) is 0.546. The Labute approximate surface area is 140 Å². The molecule has 1 aromatic heterocycles. The third kappa shape index (κ3) is 3.89. The van der Waals surface area contributed by atoms with Crippen molar-refractivity contribution in [2.75, 3.05) is 5.43 Å². The number of anilines is 1. The van der Waals surface area contributed by atoms with Crippen LogP contribution in [-0.2, 0) is 0 Å². The van der Waals surface area contributed by atoms with Gasteiger partial charge in [-0.05, 0) is 17.7 Å². The highest BCUT2D eigenvalue weighted by Gasteiger charge is 2.06. The molecule has 2 aromatic carbocycles. The molecule has 114 valence electrons. The molecule has 0 unspecified atom stereocenters. The number of benzene rings is 2. The zero-order valence-electron chi connectivity index (χ0n) is 11.9. The Morgan fingerprint density at radius 1 is 1.09 bits per heavy atom. The van der Waals surface area contributed by atoms with Crippen LogP contribution in [-0.4, -0.2) is 21.4 Å². The molecule has 0 aliphatic heterocycles. The molecule has 0 atom stereocenters. The van der Waals surface area contributed by atoms with Gasteiger partial charge in [-0.2, -0.15) is 5.10 Å². The number of hydrazone groups is 1. The highest BCUT2D eigenvalue weighted by Crippen LogP contribution is 2.11. The van der Waals surface area contributed by atoms with Crippen molar-refractivity contribution in [3.63, 3.8) is 0 Å². The first-order chi connectivity index (χ1) is 11.2. The summed E-state index contributed by atoms with van der Waals surface area (Å²) in [5.41, 5.74) is 4.22. The third-order valence-corrected chi connectivity index (χ3v) is 3.47. The molecule has 0 bridgehead atoms. The molecule has 23 heavy (non-hydrogen) atoms. The maximum atomic E-state index is 12.1. The fourth-order valence-electron chi connectivity index (χ4n) is 1.93. The van der Waals surface area contributed by atoms with Crippen molar-refractivity contribution in [1.29, 1.82) is 0 Å². The first-order valence-electron chi connectivity index (χ1n) is 6.79. The maximum Gasteiger partial charge on any atom is 0.279 e. The number of nitrogens with one attached hydrogen (secondary N) is 2. The molecule has 0 radical (unpaired) electrons. The summed E-state index contributed by atoms with van der Waals surface area (Å²) < 4.78 is 0.960. The molecule has 3 aromatic rings. The summed E-state index contributed by atoms with van der Waals surface area (Å²) in [6, 6.07) is 16.8. The Hall–Kier alpha value is -2.80. The number of halogens is 1. The summed E-state index contributed by atoms with van der Waals surface area (Å²) in [7, 11) is 0. The minimum absolute atomic E-state index is 0.181. The molecular weight excluding hydrogens is 358 g/mol. The summed E-state index contributed by atoms with van der Waals surface area (Å²) in [6.07, 6.45) is 1.62. The van der Waals surface area contributed by atoms with E-state index in [9.17, 15) is 4.79 Å². The summed E-state index contributed by atoms with van der Waals surface area (Å²) in [6.45, 7) is 0. The van der Waals surface area contributed by atoms with Crippen molar-refractivity contribution in [3.8, 4) is 11.3 Å². The van der Waals surface area contributed by atoms with Gasteiger partial charge in [0.05, 0.1) is 6.21 Å². The van der Waals surface area contributed by atoms with E-state index >= 15 is 0 Å². The van der Waals surface area contributed by atoms with E-state index in [0.29, 0.717) is 5.56 Å². The van der Waals surface area contributed by atoms with Crippen molar-refractivity contribution in [2.24, 2.45) is 5.10 Å². The van der Waals surface area contributed by atoms with Crippen LogP contribution >= 0.6 is 15.9 Å². The van der Waals surface area contributed by atoms with Crippen LogP contribution in [0.4, 0.5) is 5.95 Å². The zero-order valence-corrected chi connectivity index (χ0v) is 13.5. The van der Waals surface area contributed by atoms with E-state index in [1.807, 2.05) is 42.5 Å². The molecule has 0 aliphatic rings. The van der Waals surface area contributed by atoms with Gasteiger partial charge in [-0.25, -0.2) is 5.43 Å². The highest BCUT2D eigenvalue weighted by atomic mass is 79.9. The highest BCUT2D eigenvalue weighted by molar-refractivity contribution is 9.10. The third-order valence-electron chi connectivity index (χ3n) is 2.98. The molecule has 2 N–H and O–H groups in total. The standard InChI is InChI=1S/C16H12BrN5O/c17-13-8-4-5-11(9-13)10-18-21-16-19-15(23)14(20-22-16)12-6-2-1-3-7-12/h1-10H,(H2,19,21,22,23)/b18-10+. The number of nitrogens with zero attached hydrogens (tertiary/aromatic N) is 3. The lowest BCUT2D eigenvalue weighted by atomic mass is 10.2. The van der Waals surface area contributed by atoms with Gasteiger partial charge in [0, 0.05) is 10.0 Å². The molecule has 0 aliphatic carbocycles. The van der Waals surface area contributed by atoms with E-state index in [1.165, 1.54) is 0 Å². The molecule has 3 rings (SSSR count). The van der Waals surface area contributed by atoms with Gasteiger partial charge in [0.1, 0.15) is 0 Å². The first kappa shape index (κ1) is 15.1. The van der Waals surface area contributed by atoms with E-state index in [2.05, 4.69) is 41.6 Å². The topological polar surface area (TPSA) is 83.0 Å². The Morgan fingerprint density at radius 2 is 1.91 bits per heavy atom. The van der Waals surface area contributed by atoms with Gasteiger partial charge in [-0.15, -0.1) is 10.2 Å². The SMILES string of the molecule is O=c1[nH]c(N/N=C/c2cccc(Br)c2)nnc1-c1ccccc1. The van der Waals surface area contributed by atoms with Gasteiger partial charge in [0.15, 0.2) is 5.69 Å². The normalized spacial score (nSPS) is 10.8. The Bertz CT molecular complexity index is 892. The van der Waals surface area contributed by atoms with E-state index in [-0.39, 0.29) is 17.2 Å². The molecule has 6 nitrogen and oxygen atoms in total. The zero-order chi connectivity index (χ0) is 16.1. The average Bonchev–Trinajstić information content (AvgIpc) is 2.56. The van der Waals surface area contributed by atoms with Crippen LogP contribution in [0.3, 0.4) is 0 Å². The van der Waals surface area contributed by atoms with Gasteiger partial charge < -0.3 is 0 Å². The lowest BCUT2D eigenvalue weighted by molar-refractivity contribution is 0.947. The average molecular weight is 370 g/mol. The van der Waals surface area contributed by atoms with Crippen LogP contribution in [0.15, 0.2) is 69.0 Å². The van der Waals surface area contributed by atoms with Crippen LogP contribution in [0.1, 0.15) is 5.56 Å². The Kier molecular flexibility index (Phi) is 4.58. The van der Waals surface area contributed by atoms with Crippen molar-refractivity contribution in [2.45, 2.75) is 0 Å². The monoisotopic (exact) mass is 369 g/mol. The Balaban J connectivity index is 1.75. The van der Waals surface area contributed by atoms with Crippen LogP contribution in [0.5, 0.6) is 0 Å². The van der Waals surface area contributed by atoms with Crippen LogP contribution in [0.25, 0.3) is 11.3 Å². The molecule has 0 saturated carbocycles. The summed E-state index contributed by atoms with van der Waals surface area (Å²) in [5.74, 6) is 0.181. The van der Waals surface area contributed by atoms with Crippen LogP contribution < -0.4 is 11.0 Å². The van der Waals surface area contributed by atoms with Gasteiger partial charge in [-0.3, -0.25) is 9.78 Å². The molecule has 0 spiro atoms. The summed E-state index contributed by atoms with van der Waals surface area (Å²) in [4.78, 5) is 14.7. The lowest BCUT2D eigenvalue weighted by Gasteiger charge is -2.01. The summed E-state index contributed by atoms with van der Waals surface area (Å²) >= 11 is 3.39. The van der Waals surface area contributed by atoms with Crippen molar-refractivity contribution in [3.05, 3.63) is 75.0 Å². The Morgan fingerprint density at radius 3 is 2.65 bits per heavy atom. The smallest absolute Gasteiger partial charge is 0.279 e. The number of aromatic nitrogens is 3. The van der Waals surface area contributed by atoms with Crippen LogP contribution in [0, 0.1) is 0 Å². The molecule has 0 fully saturated rings. The second kappa shape index (κ2) is 6.97. The van der Waals surface area contributed by atoms with Crippen LogP contribution in [0.2, 0.25) is 0 Å². The van der Waals surface area contributed by atoms with Crippen molar-refractivity contribution >= 4 is 28.1 Å². The molecule has 1 heterocycles. The number of hydrogen-bond donors (Lipinski definition) is 2. The number of hydrogen-bond acceptors (Lipinski definition) is 5. The van der Waals surface area contributed by atoms with E-state index < -0.39 is 0 Å². The minimum Gasteiger partial charge on any atom is -0.288 e. The van der Waals surface area contributed by atoms with E-state index in [4.69, 9.17) is 0 Å². The number of H-pyrrole nitrogens is 1. The largest absolute Gasteiger partial charge is 0.288 e.